The molecule has 0 bridgehead atoms. The summed E-state index contributed by atoms with van der Waals surface area (Å²) in [7, 11) is 0. The predicted octanol–water partition coefficient (Wildman–Crippen LogP) is 2.40. The van der Waals surface area contributed by atoms with Crippen LogP contribution in [0, 0.1) is 16.0 Å². The highest BCUT2D eigenvalue weighted by Crippen LogP contribution is 2.26. The summed E-state index contributed by atoms with van der Waals surface area (Å²) in [4.78, 5) is 38.4. The SMILES string of the molecule is CC(C)C(C)(CC(=O)O)NC(=O)c1ccc(-n2ccnc2)c([N+](=O)[O-])c1. The molecule has 2 N–H and O–H groups in total. The molecule has 1 amide bonds. The van der Waals surface area contributed by atoms with Gasteiger partial charge in [0.15, 0.2) is 0 Å². The Hall–Kier alpha value is -3.23. The fourth-order valence-electron chi connectivity index (χ4n) is 2.47. The molecule has 2 rings (SSSR count). The second-order valence-electron chi connectivity index (χ2n) is 6.53. The molecule has 0 spiro atoms. The number of aromatic nitrogens is 2. The monoisotopic (exact) mass is 360 g/mol. The van der Waals surface area contributed by atoms with Gasteiger partial charge in [0.2, 0.25) is 0 Å². The largest absolute Gasteiger partial charge is 0.481 e. The molecule has 1 atom stereocenters. The lowest BCUT2D eigenvalue weighted by Crippen LogP contribution is -2.51. The first kappa shape index (κ1) is 19.1. The van der Waals surface area contributed by atoms with Crippen LogP contribution in [-0.2, 0) is 4.79 Å². The van der Waals surface area contributed by atoms with Crippen molar-refractivity contribution in [1.82, 2.24) is 14.9 Å². The Labute approximate surface area is 149 Å². The number of nitro benzene ring substituents is 1. The minimum atomic E-state index is -1.04. The molecule has 1 heterocycles. The highest BCUT2D eigenvalue weighted by Gasteiger charge is 2.33. The minimum Gasteiger partial charge on any atom is -0.481 e. The minimum absolute atomic E-state index is 0.0813. The zero-order valence-corrected chi connectivity index (χ0v) is 14.7. The third-order valence-electron chi connectivity index (χ3n) is 4.41. The second kappa shape index (κ2) is 7.34. The maximum atomic E-state index is 12.6. The van der Waals surface area contributed by atoms with Crippen molar-refractivity contribution in [3.63, 3.8) is 0 Å². The normalized spacial score (nSPS) is 13.2. The quantitative estimate of drug-likeness (QED) is 0.576. The molecule has 0 aliphatic carbocycles. The van der Waals surface area contributed by atoms with Crippen LogP contribution >= 0.6 is 0 Å². The van der Waals surface area contributed by atoms with Gasteiger partial charge in [-0.3, -0.25) is 19.7 Å². The van der Waals surface area contributed by atoms with E-state index in [1.165, 1.54) is 35.3 Å². The Bertz CT molecular complexity index is 832. The number of imidazole rings is 1. The van der Waals surface area contributed by atoms with Crippen LogP contribution in [0.2, 0.25) is 0 Å². The van der Waals surface area contributed by atoms with E-state index in [1.807, 2.05) is 0 Å². The average molecular weight is 360 g/mol. The van der Waals surface area contributed by atoms with E-state index in [0.29, 0.717) is 0 Å². The van der Waals surface area contributed by atoms with E-state index in [9.17, 15) is 19.7 Å². The molecule has 0 aliphatic rings. The average Bonchev–Trinajstić information content (AvgIpc) is 3.07. The lowest BCUT2D eigenvalue weighted by molar-refractivity contribution is -0.384. The molecule has 0 aliphatic heterocycles. The summed E-state index contributed by atoms with van der Waals surface area (Å²) in [5, 5.41) is 23.2. The van der Waals surface area contributed by atoms with Crippen molar-refractivity contribution in [2.45, 2.75) is 32.7 Å². The van der Waals surface area contributed by atoms with E-state index in [0.717, 1.165) is 0 Å². The summed E-state index contributed by atoms with van der Waals surface area (Å²) in [5.41, 5.74) is -0.875. The number of aliphatic carboxylic acids is 1. The molecule has 0 saturated carbocycles. The number of carboxylic acids is 1. The molecule has 138 valence electrons. The number of hydrogen-bond acceptors (Lipinski definition) is 5. The Morgan fingerprint density at radius 3 is 2.62 bits per heavy atom. The van der Waals surface area contributed by atoms with E-state index in [4.69, 9.17) is 5.11 Å². The van der Waals surface area contributed by atoms with Crippen molar-refractivity contribution in [3.05, 3.63) is 52.6 Å². The Morgan fingerprint density at radius 1 is 1.42 bits per heavy atom. The number of nitrogens with zero attached hydrogens (tertiary/aromatic N) is 3. The van der Waals surface area contributed by atoms with Crippen LogP contribution < -0.4 is 5.32 Å². The van der Waals surface area contributed by atoms with Gasteiger partial charge in [-0.25, -0.2) is 4.98 Å². The molecule has 9 nitrogen and oxygen atoms in total. The van der Waals surface area contributed by atoms with E-state index in [2.05, 4.69) is 10.3 Å². The van der Waals surface area contributed by atoms with Crippen molar-refractivity contribution in [1.29, 1.82) is 0 Å². The summed E-state index contributed by atoms with van der Waals surface area (Å²) in [5.74, 6) is -1.76. The Balaban J connectivity index is 2.36. The van der Waals surface area contributed by atoms with Gasteiger partial charge in [-0.15, -0.1) is 0 Å². The zero-order chi connectivity index (χ0) is 19.5. The van der Waals surface area contributed by atoms with Gasteiger partial charge in [0, 0.05) is 24.0 Å². The molecule has 2 aromatic rings. The van der Waals surface area contributed by atoms with Crippen LogP contribution in [0.5, 0.6) is 0 Å². The number of nitrogens with one attached hydrogen (secondary N) is 1. The standard InChI is InChI=1S/C17H20N4O5/c1-11(2)17(3,9-15(22)23)19-16(24)12-4-5-13(14(8-12)21(25)26)20-7-6-18-10-20/h4-8,10-11H,9H2,1-3H3,(H,19,24)(H,22,23). The number of carbonyl (C=O) groups excluding carboxylic acids is 1. The van der Waals surface area contributed by atoms with Crippen molar-refractivity contribution in [2.24, 2.45) is 5.92 Å². The smallest absolute Gasteiger partial charge is 0.305 e. The van der Waals surface area contributed by atoms with Gasteiger partial charge in [-0.1, -0.05) is 13.8 Å². The van der Waals surface area contributed by atoms with Crippen molar-refractivity contribution in [3.8, 4) is 5.69 Å². The third kappa shape index (κ3) is 4.05. The predicted molar refractivity (Wildman–Crippen MR) is 93.2 cm³/mol. The Morgan fingerprint density at radius 2 is 2.12 bits per heavy atom. The first-order valence-electron chi connectivity index (χ1n) is 7.95. The van der Waals surface area contributed by atoms with Crippen molar-refractivity contribution in [2.75, 3.05) is 0 Å². The van der Waals surface area contributed by atoms with Crippen LogP contribution in [-0.4, -0.2) is 37.0 Å². The van der Waals surface area contributed by atoms with Crippen molar-refractivity contribution < 1.29 is 19.6 Å². The van der Waals surface area contributed by atoms with E-state index < -0.39 is 22.3 Å². The number of hydrogen-bond donors (Lipinski definition) is 2. The molecular weight excluding hydrogens is 340 g/mol. The highest BCUT2D eigenvalue weighted by molar-refractivity contribution is 5.96. The maximum Gasteiger partial charge on any atom is 0.305 e. The molecule has 0 fully saturated rings. The van der Waals surface area contributed by atoms with Gasteiger partial charge in [-0.2, -0.15) is 0 Å². The zero-order valence-electron chi connectivity index (χ0n) is 14.7. The van der Waals surface area contributed by atoms with Crippen LogP contribution in [0.15, 0.2) is 36.9 Å². The first-order chi connectivity index (χ1) is 12.1. The summed E-state index contributed by atoms with van der Waals surface area (Å²) in [6.07, 6.45) is 4.21. The number of amides is 1. The van der Waals surface area contributed by atoms with Gasteiger partial charge >= 0.3 is 5.97 Å². The molecule has 0 saturated heterocycles. The topological polar surface area (TPSA) is 127 Å². The molecule has 26 heavy (non-hydrogen) atoms. The van der Waals surface area contributed by atoms with Gasteiger partial charge in [0.05, 0.1) is 23.2 Å². The van der Waals surface area contributed by atoms with Gasteiger partial charge in [-0.05, 0) is 25.0 Å². The fraction of sp³-hybridized carbons (Fsp3) is 0.353. The van der Waals surface area contributed by atoms with E-state index in [-0.39, 0.29) is 29.3 Å². The number of rotatable bonds is 7. The maximum absolute atomic E-state index is 12.6. The van der Waals surface area contributed by atoms with E-state index in [1.54, 1.807) is 27.0 Å². The fourth-order valence-corrected chi connectivity index (χ4v) is 2.47. The summed E-state index contributed by atoms with van der Waals surface area (Å²) in [6.45, 7) is 5.24. The van der Waals surface area contributed by atoms with Gasteiger partial charge in [0.25, 0.3) is 11.6 Å². The molecule has 1 aromatic heterocycles. The van der Waals surface area contributed by atoms with Crippen LogP contribution in [0.25, 0.3) is 5.69 Å². The Kier molecular flexibility index (Phi) is 5.39. The number of nitro groups is 1. The molecule has 1 unspecified atom stereocenters. The third-order valence-corrected chi connectivity index (χ3v) is 4.41. The van der Waals surface area contributed by atoms with Crippen LogP contribution in [0.3, 0.4) is 0 Å². The first-order valence-corrected chi connectivity index (χ1v) is 7.95. The second-order valence-corrected chi connectivity index (χ2v) is 6.53. The number of carboxylic acid groups (broad SMARTS) is 1. The van der Waals surface area contributed by atoms with Crippen LogP contribution in [0.4, 0.5) is 5.69 Å². The number of benzene rings is 1. The molecule has 9 heteroatoms. The van der Waals surface area contributed by atoms with E-state index >= 15 is 0 Å². The molecule has 0 radical (unpaired) electrons. The van der Waals surface area contributed by atoms with Crippen molar-refractivity contribution >= 4 is 17.6 Å². The molecule has 1 aromatic carbocycles. The van der Waals surface area contributed by atoms with Gasteiger partial charge in [0.1, 0.15) is 5.69 Å². The highest BCUT2D eigenvalue weighted by atomic mass is 16.6. The number of carbonyl (C=O) groups is 2. The lowest BCUT2D eigenvalue weighted by Gasteiger charge is -2.33. The molecular formula is C17H20N4O5. The lowest BCUT2D eigenvalue weighted by atomic mass is 9.85. The summed E-state index contributed by atoms with van der Waals surface area (Å²) >= 11 is 0. The van der Waals surface area contributed by atoms with Gasteiger partial charge < -0.3 is 15.0 Å². The summed E-state index contributed by atoms with van der Waals surface area (Å²) in [6, 6.07) is 4.09. The summed E-state index contributed by atoms with van der Waals surface area (Å²) < 4.78 is 1.47. The van der Waals surface area contributed by atoms with Crippen LogP contribution in [0.1, 0.15) is 37.6 Å².